The Bertz CT molecular complexity index is 1250. The SMILES string of the molecule is CC[C@H](C)N(Cc1cc(Cl)ccc1OS(=O)(=O)c1ccc(F)cc1)C(=O)c1ccccc1F. The molecule has 0 aliphatic carbocycles. The standard InChI is InChI=1S/C24H22ClF2NO4S/c1-3-16(2)28(24(29)21-6-4-5-7-22(21)27)15-17-14-18(25)8-13-23(17)32-33(30,31)20-11-9-19(26)10-12-20/h4-14,16H,3,15H2,1-2H3/t16-/m0/s1. The van der Waals surface area contributed by atoms with Crippen molar-refractivity contribution in [2.75, 3.05) is 0 Å². The third-order valence-corrected chi connectivity index (χ3v) is 6.64. The number of rotatable bonds is 8. The second-order valence-electron chi connectivity index (χ2n) is 7.41. The molecule has 3 rings (SSSR count). The van der Waals surface area contributed by atoms with Crippen LogP contribution >= 0.6 is 11.6 Å². The summed E-state index contributed by atoms with van der Waals surface area (Å²) < 4.78 is 58.2. The molecule has 0 bridgehead atoms. The minimum Gasteiger partial charge on any atom is -0.379 e. The summed E-state index contributed by atoms with van der Waals surface area (Å²) in [4.78, 5) is 14.4. The topological polar surface area (TPSA) is 63.7 Å². The molecule has 1 atom stereocenters. The van der Waals surface area contributed by atoms with Crippen LogP contribution in [0.5, 0.6) is 5.75 Å². The number of benzene rings is 3. The van der Waals surface area contributed by atoms with E-state index in [0.717, 1.165) is 24.3 Å². The van der Waals surface area contributed by atoms with Crippen LogP contribution in [-0.4, -0.2) is 25.3 Å². The van der Waals surface area contributed by atoms with Crippen molar-refractivity contribution in [1.82, 2.24) is 4.90 Å². The largest absolute Gasteiger partial charge is 0.379 e. The van der Waals surface area contributed by atoms with E-state index in [4.69, 9.17) is 15.8 Å². The van der Waals surface area contributed by atoms with Crippen molar-refractivity contribution in [3.63, 3.8) is 0 Å². The summed E-state index contributed by atoms with van der Waals surface area (Å²) in [5.41, 5.74) is 0.222. The first-order valence-corrected chi connectivity index (χ1v) is 11.9. The van der Waals surface area contributed by atoms with E-state index in [9.17, 15) is 22.0 Å². The number of carbonyl (C=O) groups is 1. The van der Waals surface area contributed by atoms with Crippen molar-refractivity contribution in [2.45, 2.75) is 37.8 Å². The molecular formula is C24H22ClF2NO4S. The number of carbonyl (C=O) groups excluding carboxylic acids is 1. The minimum absolute atomic E-state index is 0.0432. The number of hydrogen-bond acceptors (Lipinski definition) is 4. The highest BCUT2D eigenvalue weighted by atomic mass is 35.5. The van der Waals surface area contributed by atoms with Crippen LogP contribution in [0.1, 0.15) is 36.2 Å². The van der Waals surface area contributed by atoms with Gasteiger partial charge in [-0.15, -0.1) is 0 Å². The maximum absolute atomic E-state index is 14.3. The predicted octanol–water partition coefficient (Wildman–Crippen LogP) is 5.83. The van der Waals surface area contributed by atoms with Gasteiger partial charge < -0.3 is 9.08 Å². The molecule has 174 valence electrons. The van der Waals surface area contributed by atoms with E-state index >= 15 is 0 Å². The number of halogens is 3. The van der Waals surface area contributed by atoms with Gasteiger partial charge in [-0.25, -0.2) is 8.78 Å². The lowest BCUT2D eigenvalue weighted by Crippen LogP contribution is -2.38. The third kappa shape index (κ3) is 5.89. The highest BCUT2D eigenvalue weighted by Crippen LogP contribution is 2.29. The minimum atomic E-state index is -4.28. The molecule has 0 N–H and O–H groups in total. The lowest BCUT2D eigenvalue weighted by molar-refractivity contribution is 0.0666. The molecule has 3 aromatic carbocycles. The molecule has 0 radical (unpaired) electrons. The zero-order valence-electron chi connectivity index (χ0n) is 18.0. The van der Waals surface area contributed by atoms with Gasteiger partial charge in [0.05, 0.1) is 12.1 Å². The first kappa shape index (κ1) is 24.7. The summed E-state index contributed by atoms with van der Waals surface area (Å²) in [6.45, 7) is 3.61. The summed E-state index contributed by atoms with van der Waals surface area (Å²) in [7, 11) is -4.28. The van der Waals surface area contributed by atoms with Crippen molar-refractivity contribution >= 4 is 27.6 Å². The van der Waals surface area contributed by atoms with E-state index in [1.807, 2.05) is 6.92 Å². The summed E-state index contributed by atoms with van der Waals surface area (Å²) in [5, 5.41) is 0.305. The van der Waals surface area contributed by atoms with Gasteiger partial charge in [-0.05, 0) is 67.9 Å². The summed E-state index contributed by atoms with van der Waals surface area (Å²) in [6.07, 6.45) is 0.574. The second kappa shape index (κ2) is 10.3. The van der Waals surface area contributed by atoms with Gasteiger partial charge in [-0.3, -0.25) is 4.79 Å². The van der Waals surface area contributed by atoms with Crippen molar-refractivity contribution in [3.8, 4) is 5.75 Å². The summed E-state index contributed by atoms with van der Waals surface area (Å²) in [5.74, 6) is -1.83. The lowest BCUT2D eigenvalue weighted by Gasteiger charge is -2.29. The Labute approximate surface area is 196 Å². The van der Waals surface area contributed by atoms with Crippen LogP contribution in [0.25, 0.3) is 0 Å². The molecule has 0 aliphatic rings. The Balaban J connectivity index is 1.97. The molecule has 0 fully saturated rings. The predicted molar refractivity (Wildman–Crippen MR) is 122 cm³/mol. The van der Waals surface area contributed by atoms with E-state index in [1.165, 1.54) is 41.3 Å². The Hall–Kier alpha value is -2.97. The van der Waals surface area contributed by atoms with E-state index in [1.54, 1.807) is 13.0 Å². The fourth-order valence-corrected chi connectivity index (χ4v) is 4.30. The molecule has 0 spiro atoms. The van der Waals surface area contributed by atoms with Crippen LogP contribution in [0.2, 0.25) is 5.02 Å². The maximum Gasteiger partial charge on any atom is 0.339 e. The zero-order valence-corrected chi connectivity index (χ0v) is 19.5. The molecule has 0 saturated heterocycles. The average Bonchev–Trinajstić information content (AvgIpc) is 2.78. The Morgan fingerprint density at radius 2 is 1.73 bits per heavy atom. The smallest absolute Gasteiger partial charge is 0.339 e. The summed E-state index contributed by atoms with van der Waals surface area (Å²) >= 11 is 6.13. The van der Waals surface area contributed by atoms with Crippen LogP contribution in [0.15, 0.2) is 71.6 Å². The highest BCUT2D eigenvalue weighted by molar-refractivity contribution is 7.87. The fraction of sp³-hybridized carbons (Fsp3) is 0.208. The molecule has 0 unspecified atom stereocenters. The highest BCUT2D eigenvalue weighted by Gasteiger charge is 2.26. The van der Waals surface area contributed by atoms with Crippen molar-refractivity contribution < 1.29 is 26.2 Å². The quantitative estimate of drug-likeness (QED) is 0.370. The van der Waals surface area contributed by atoms with Crippen LogP contribution in [-0.2, 0) is 16.7 Å². The van der Waals surface area contributed by atoms with E-state index in [0.29, 0.717) is 17.0 Å². The van der Waals surface area contributed by atoms with Crippen LogP contribution in [0.4, 0.5) is 8.78 Å². The molecular weight excluding hydrogens is 472 g/mol. The average molecular weight is 494 g/mol. The van der Waals surface area contributed by atoms with Gasteiger partial charge in [0, 0.05) is 16.6 Å². The number of hydrogen-bond donors (Lipinski definition) is 0. The maximum atomic E-state index is 14.3. The fourth-order valence-electron chi connectivity index (χ4n) is 3.14. The number of amides is 1. The molecule has 0 saturated carbocycles. The van der Waals surface area contributed by atoms with Crippen molar-refractivity contribution in [2.24, 2.45) is 0 Å². The van der Waals surface area contributed by atoms with Crippen LogP contribution < -0.4 is 4.18 Å². The van der Waals surface area contributed by atoms with Crippen molar-refractivity contribution in [3.05, 3.63) is 94.5 Å². The lowest BCUT2D eigenvalue weighted by atomic mass is 10.1. The molecule has 9 heteroatoms. The zero-order chi connectivity index (χ0) is 24.2. The van der Waals surface area contributed by atoms with Crippen LogP contribution in [0.3, 0.4) is 0 Å². The van der Waals surface area contributed by atoms with Gasteiger partial charge in [0.25, 0.3) is 5.91 Å². The molecule has 0 aliphatic heterocycles. The molecule has 0 aromatic heterocycles. The summed E-state index contributed by atoms with van der Waals surface area (Å²) in [6, 6.07) is 13.9. The third-order valence-electron chi connectivity index (χ3n) is 5.15. The monoisotopic (exact) mass is 493 g/mol. The van der Waals surface area contributed by atoms with Crippen LogP contribution in [0, 0.1) is 11.6 Å². The first-order valence-electron chi connectivity index (χ1n) is 10.2. The van der Waals surface area contributed by atoms with E-state index < -0.39 is 27.7 Å². The second-order valence-corrected chi connectivity index (χ2v) is 9.40. The van der Waals surface area contributed by atoms with E-state index in [2.05, 4.69) is 0 Å². The molecule has 3 aromatic rings. The van der Waals surface area contributed by atoms with Gasteiger partial charge in [-0.1, -0.05) is 30.7 Å². The van der Waals surface area contributed by atoms with Gasteiger partial charge in [-0.2, -0.15) is 8.42 Å². The Morgan fingerprint density at radius 3 is 2.36 bits per heavy atom. The van der Waals surface area contributed by atoms with E-state index in [-0.39, 0.29) is 28.8 Å². The molecule has 33 heavy (non-hydrogen) atoms. The first-order chi connectivity index (χ1) is 15.6. The Kier molecular flexibility index (Phi) is 7.71. The van der Waals surface area contributed by atoms with Gasteiger partial charge in [0.2, 0.25) is 0 Å². The Morgan fingerprint density at radius 1 is 1.06 bits per heavy atom. The molecule has 0 heterocycles. The van der Waals surface area contributed by atoms with Gasteiger partial charge in [0.1, 0.15) is 22.3 Å². The normalized spacial score (nSPS) is 12.3. The van der Waals surface area contributed by atoms with Gasteiger partial charge >= 0.3 is 10.1 Å². The van der Waals surface area contributed by atoms with Crippen molar-refractivity contribution in [1.29, 1.82) is 0 Å². The molecule has 1 amide bonds. The number of nitrogens with zero attached hydrogens (tertiary/aromatic N) is 1. The van der Waals surface area contributed by atoms with Gasteiger partial charge in [0.15, 0.2) is 0 Å². The molecule has 5 nitrogen and oxygen atoms in total.